The lowest BCUT2D eigenvalue weighted by atomic mass is 10.0. The number of hydrogen-bond acceptors (Lipinski definition) is 3. The smallest absolute Gasteiger partial charge is 0.231 e. The minimum Gasteiger partial charge on any atom is -0.385 e. The van der Waals surface area contributed by atoms with Crippen LogP contribution in [0.25, 0.3) is 0 Å². The van der Waals surface area contributed by atoms with Crippen LogP contribution in [0, 0.1) is 0 Å². The van der Waals surface area contributed by atoms with Gasteiger partial charge in [-0.1, -0.05) is 6.07 Å². The van der Waals surface area contributed by atoms with Crippen molar-refractivity contribution in [1.29, 1.82) is 0 Å². The van der Waals surface area contributed by atoms with Crippen LogP contribution in [0.4, 0.5) is 11.4 Å². The number of halogens is 2. The fourth-order valence-electron chi connectivity index (χ4n) is 2.59. The van der Waals surface area contributed by atoms with Crippen LogP contribution < -0.4 is 10.6 Å². The average Bonchev–Trinajstić information content (AvgIpc) is 2.55. The summed E-state index contributed by atoms with van der Waals surface area (Å²) in [6.07, 6.45) is 5.65. The molecule has 6 heteroatoms. The van der Waals surface area contributed by atoms with Gasteiger partial charge in [0.25, 0.3) is 0 Å². The highest BCUT2D eigenvalue weighted by atomic mass is 35.5. The molecule has 2 N–H and O–H groups in total. The van der Waals surface area contributed by atoms with E-state index in [-0.39, 0.29) is 36.6 Å². The summed E-state index contributed by atoms with van der Waals surface area (Å²) in [7, 11) is 0. The number of aromatic nitrogens is 1. The second kappa shape index (κ2) is 8.75. The number of hydrogen-bond donors (Lipinski definition) is 2. The third-order valence-electron chi connectivity index (χ3n) is 3.89. The highest BCUT2D eigenvalue weighted by molar-refractivity contribution is 5.95. The Bertz CT molecular complexity index is 650. The van der Waals surface area contributed by atoms with E-state index >= 15 is 0 Å². The number of fused-ring (bicyclic) bond motifs is 1. The number of carbonyl (C=O) groups is 1. The van der Waals surface area contributed by atoms with E-state index in [1.165, 1.54) is 11.3 Å². The lowest BCUT2D eigenvalue weighted by molar-refractivity contribution is -0.117. The molecule has 4 nitrogen and oxygen atoms in total. The number of carbonyl (C=O) groups excluding carboxylic acids is 1. The summed E-state index contributed by atoms with van der Waals surface area (Å²) < 4.78 is 0. The predicted octanol–water partition coefficient (Wildman–Crippen LogP) is 4.03. The van der Waals surface area contributed by atoms with Crippen LogP contribution in [-0.2, 0) is 11.2 Å². The number of nitrogens with one attached hydrogen (secondary N) is 2. The molecule has 0 aliphatic carbocycles. The summed E-state index contributed by atoms with van der Waals surface area (Å²) in [4.78, 5) is 16.4. The van der Waals surface area contributed by atoms with Gasteiger partial charge in [-0.25, -0.2) is 0 Å². The first-order chi connectivity index (χ1) is 10.2. The van der Waals surface area contributed by atoms with Gasteiger partial charge in [0, 0.05) is 30.3 Å². The first-order valence-corrected chi connectivity index (χ1v) is 7.31. The standard InChI is InChI=1S/C17H19N3O.2ClH/c1-12(14-5-2-8-18-11-14)17(21)20-15-6-7-16-13(10-15)4-3-9-19-16;;/h2,5-8,10-12,19H,3-4,9H2,1H3,(H,20,21);2*1H. The number of rotatable bonds is 3. The Morgan fingerprint density at radius 1 is 1.30 bits per heavy atom. The van der Waals surface area contributed by atoms with E-state index in [4.69, 9.17) is 0 Å². The van der Waals surface area contributed by atoms with E-state index in [0.29, 0.717) is 0 Å². The molecule has 2 aromatic rings. The molecule has 0 fully saturated rings. The molecular formula is C17H21Cl2N3O. The molecule has 1 atom stereocenters. The van der Waals surface area contributed by atoms with Crippen molar-refractivity contribution in [2.24, 2.45) is 0 Å². The largest absolute Gasteiger partial charge is 0.385 e. The van der Waals surface area contributed by atoms with E-state index in [1.807, 2.05) is 31.2 Å². The second-order valence-electron chi connectivity index (χ2n) is 5.40. The molecule has 1 unspecified atom stereocenters. The van der Waals surface area contributed by atoms with E-state index in [9.17, 15) is 4.79 Å². The van der Waals surface area contributed by atoms with Crippen molar-refractivity contribution < 1.29 is 4.79 Å². The third kappa shape index (κ3) is 4.60. The van der Waals surface area contributed by atoms with E-state index < -0.39 is 0 Å². The minimum atomic E-state index is -0.215. The van der Waals surface area contributed by atoms with Gasteiger partial charge in [0.1, 0.15) is 0 Å². The molecule has 1 amide bonds. The van der Waals surface area contributed by atoms with Gasteiger partial charge in [-0.15, -0.1) is 24.8 Å². The molecule has 2 heterocycles. The van der Waals surface area contributed by atoms with Crippen LogP contribution in [0.2, 0.25) is 0 Å². The van der Waals surface area contributed by atoms with Gasteiger partial charge < -0.3 is 10.6 Å². The zero-order valence-corrected chi connectivity index (χ0v) is 14.5. The maximum Gasteiger partial charge on any atom is 0.231 e. The fraction of sp³-hybridized carbons (Fsp3) is 0.294. The first-order valence-electron chi connectivity index (χ1n) is 7.31. The van der Waals surface area contributed by atoms with Crippen molar-refractivity contribution in [3.05, 3.63) is 53.9 Å². The summed E-state index contributed by atoms with van der Waals surface area (Å²) >= 11 is 0. The molecule has 1 aliphatic heterocycles. The SMILES string of the molecule is CC(C(=O)Nc1ccc2c(c1)CCCN2)c1cccnc1.Cl.Cl. The zero-order chi connectivity index (χ0) is 14.7. The van der Waals surface area contributed by atoms with Gasteiger partial charge in [-0.3, -0.25) is 9.78 Å². The van der Waals surface area contributed by atoms with Crippen LogP contribution in [0.5, 0.6) is 0 Å². The highest BCUT2D eigenvalue weighted by Gasteiger charge is 2.16. The maximum absolute atomic E-state index is 12.3. The molecule has 0 bridgehead atoms. The molecule has 3 rings (SSSR count). The number of amides is 1. The molecule has 1 aromatic heterocycles. The van der Waals surface area contributed by atoms with Crippen molar-refractivity contribution in [1.82, 2.24) is 4.98 Å². The number of nitrogens with zero attached hydrogens (tertiary/aromatic N) is 1. The van der Waals surface area contributed by atoms with Crippen LogP contribution >= 0.6 is 24.8 Å². The summed E-state index contributed by atoms with van der Waals surface area (Å²) in [5, 5.41) is 6.37. The quantitative estimate of drug-likeness (QED) is 0.875. The van der Waals surface area contributed by atoms with Crippen LogP contribution in [0.3, 0.4) is 0 Å². The molecule has 0 saturated heterocycles. The monoisotopic (exact) mass is 353 g/mol. The van der Waals surface area contributed by atoms with E-state index in [0.717, 1.165) is 30.6 Å². The summed E-state index contributed by atoms with van der Waals surface area (Å²) in [6.45, 7) is 2.92. The molecule has 0 saturated carbocycles. The Morgan fingerprint density at radius 2 is 2.13 bits per heavy atom. The van der Waals surface area contributed by atoms with Crippen molar-refractivity contribution in [3.8, 4) is 0 Å². The third-order valence-corrected chi connectivity index (χ3v) is 3.89. The lowest BCUT2D eigenvalue weighted by Crippen LogP contribution is -2.19. The molecule has 23 heavy (non-hydrogen) atoms. The molecule has 1 aliphatic rings. The van der Waals surface area contributed by atoms with Crippen molar-refractivity contribution >= 4 is 42.1 Å². The van der Waals surface area contributed by atoms with Gasteiger partial charge in [0.2, 0.25) is 5.91 Å². The maximum atomic E-state index is 12.3. The summed E-state index contributed by atoms with van der Waals surface area (Å²) in [5.74, 6) is -0.223. The van der Waals surface area contributed by atoms with Gasteiger partial charge in [-0.2, -0.15) is 0 Å². The van der Waals surface area contributed by atoms with Gasteiger partial charge in [0.05, 0.1) is 5.92 Å². The predicted molar refractivity (Wildman–Crippen MR) is 99.0 cm³/mol. The number of benzene rings is 1. The van der Waals surface area contributed by atoms with Crippen LogP contribution in [-0.4, -0.2) is 17.4 Å². The van der Waals surface area contributed by atoms with Gasteiger partial charge in [-0.05, 0) is 55.2 Å². The molecule has 0 radical (unpaired) electrons. The fourth-order valence-corrected chi connectivity index (χ4v) is 2.59. The minimum absolute atomic E-state index is 0. The summed E-state index contributed by atoms with van der Waals surface area (Å²) in [6, 6.07) is 9.83. The van der Waals surface area contributed by atoms with Crippen molar-refractivity contribution in [2.75, 3.05) is 17.2 Å². The van der Waals surface area contributed by atoms with Crippen LogP contribution in [0.1, 0.15) is 30.4 Å². The number of anilines is 2. The highest BCUT2D eigenvalue weighted by Crippen LogP contribution is 2.26. The Labute approximate surface area is 148 Å². The Morgan fingerprint density at radius 3 is 2.87 bits per heavy atom. The van der Waals surface area contributed by atoms with Crippen molar-refractivity contribution in [2.45, 2.75) is 25.7 Å². The Hall–Kier alpha value is -1.78. The Balaban J connectivity index is 0.00000132. The van der Waals surface area contributed by atoms with Crippen molar-refractivity contribution in [3.63, 3.8) is 0 Å². The van der Waals surface area contributed by atoms with E-state index in [1.54, 1.807) is 12.4 Å². The number of pyridine rings is 1. The topological polar surface area (TPSA) is 54.0 Å². The first kappa shape index (κ1) is 19.3. The second-order valence-corrected chi connectivity index (χ2v) is 5.40. The summed E-state index contributed by atoms with van der Waals surface area (Å²) in [5.41, 5.74) is 4.24. The van der Waals surface area contributed by atoms with Gasteiger partial charge >= 0.3 is 0 Å². The van der Waals surface area contributed by atoms with E-state index in [2.05, 4.69) is 21.7 Å². The van der Waals surface area contributed by atoms with Crippen LogP contribution in [0.15, 0.2) is 42.7 Å². The Kier molecular flexibility index (Phi) is 7.33. The number of aryl methyl sites for hydroxylation is 1. The normalized spacial score (nSPS) is 13.4. The average molecular weight is 354 g/mol. The molecule has 1 aromatic carbocycles. The van der Waals surface area contributed by atoms with Gasteiger partial charge in [0.15, 0.2) is 0 Å². The molecule has 124 valence electrons. The molecule has 0 spiro atoms. The lowest BCUT2D eigenvalue weighted by Gasteiger charge is -2.19. The molecular weight excluding hydrogens is 333 g/mol. The zero-order valence-electron chi connectivity index (χ0n) is 12.9.